The van der Waals surface area contributed by atoms with Gasteiger partial charge in [-0.25, -0.2) is 4.39 Å². The monoisotopic (exact) mass is 254 g/mol. The fourth-order valence-corrected chi connectivity index (χ4v) is 1.72. The van der Waals surface area contributed by atoms with Crippen LogP contribution in [0.1, 0.15) is 18.5 Å². The van der Waals surface area contributed by atoms with E-state index in [-0.39, 0.29) is 11.9 Å². The Hall–Kier alpha value is -0.970. The molecular formula is C14H23FN2O. The quantitative estimate of drug-likeness (QED) is 0.768. The topological polar surface area (TPSA) is 24.5 Å². The molecule has 0 amide bonds. The van der Waals surface area contributed by atoms with Crippen molar-refractivity contribution in [2.24, 2.45) is 0 Å². The summed E-state index contributed by atoms with van der Waals surface area (Å²) >= 11 is 0. The second kappa shape index (κ2) is 8.19. The van der Waals surface area contributed by atoms with Gasteiger partial charge in [0.05, 0.1) is 6.61 Å². The highest BCUT2D eigenvalue weighted by atomic mass is 19.1. The van der Waals surface area contributed by atoms with Crippen molar-refractivity contribution >= 4 is 0 Å². The molecule has 0 aliphatic carbocycles. The van der Waals surface area contributed by atoms with E-state index in [1.54, 1.807) is 19.2 Å². The molecule has 0 saturated heterocycles. The fourth-order valence-electron chi connectivity index (χ4n) is 1.72. The predicted molar refractivity (Wildman–Crippen MR) is 72.2 cm³/mol. The highest BCUT2D eigenvalue weighted by Crippen LogP contribution is 2.12. The first-order valence-corrected chi connectivity index (χ1v) is 6.30. The first-order chi connectivity index (χ1) is 8.63. The number of halogens is 1. The van der Waals surface area contributed by atoms with Crippen molar-refractivity contribution in [3.05, 3.63) is 35.6 Å². The summed E-state index contributed by atoms with van der Waals surface area (Å²) in [6, 6.07) is 6.89. The molecule has 4 heteroatoms. The van der Waals surface area contributed by atoms with Crippen LogP contribution in [0, 0.1) is 5.82 Å². The van der Waals surface area contributed by atoms with Crippen molar-refractivity contribution in [3.63, 3.8) is 0 Å². The van der Waals surface area contributed by atoms with Gasteiger partial charge in [0.25, 0.3) is 0 Å². The zero-order valence-electron chi connectivity index (χ0n) is 11.4. The maximum absolute atomic E-state index is 13.1. The molecule has 1 unspecified atom stereocenters. The summed E-state index contributed by atoms with van der Waals surface area (Å²) in [4.78, 5) is 2.20. The van der Waals surface area contributed by atoms with Crippen LogP contribution in [0.3, 0.4) is 0 Å². The summed E-state index contributed by atoms with van der Waals surface area (Å²) < 4.78 is 18.1. The Labute approximate surface area is 109 Å². The Morgan fingerprint density at radius 2 is 2.17 bits per heavy atom. The van der Waals surface area contributed by atoms with Crippen molar-refractivity contribution in [2.45, 2.75) is 13.0 Å². The zero-order valence-corrected chi connectivity index (χ0v) is 11.4. The second-order valence-corrected chi connectivity index (χ2v) is 4.53. The molecule has 0 aliphatic heterocycles. The largest absolute Gasteiger partial charge is 0.383 e. The third-order valence-electron chi connectivity index (χ3n) is 2.97. The molecule has 0 heterocycles. The molecule has 1 rings (SSSR count). The summed E-state index contributed by atoms with van der Waals surface area (Å²) in [7, 11) is 3.77. The summed E-state index contributed by atoms with van der Waals surface area (Å²) in [5.41, 5.74) is 0.981. The molecule has 0 bridgehead atoms. The van der Waals surface area contributed by atoms with Crippen LogP contribution < -0.4 is 5.32 Å². The minimum absolute atomic E-state index is 0.163. The molecule has 1 atom stereocenters. The first kappa shape index (κ1) is 15.1. The smallest absolute Gasteiger partial charge is 0.123 e. The van der Waals surface area contributed by atoms with Crippen LogP contribution in [0.25, 0.3) is 0 Å². The van der Waals surface area contributed by atoms with E-state index in [1.165, 1.54) is 6.07 Å². The predicted octanol–water partition coefficient (Wildman–Crippen LogP) is 2.05. The Bertz CT molecular complexity index is 346. The van der Waals surface area contributed by atoms with Gasteiger partial charge in [0.2, 0.25) is 0 Å². The number of nitrogens with one attached hydrogen (secondary N) is 1. The Kier molecular flexibility index (Phi) is 6.86. The van der Waals surface area contributed by atoms with E-state index in [2.05, 4.69) is 17.3 Å². The van der Waals surface area contributed by atoms with Crippen LogP contribution in [-0.4, -0.2) is 45.3 Å². The van der Waals surface area contributed by atoms with Crippen molar-refractivity contribution < 1.29 is 9.13 Å². The van der Waals surface area contributed by atoms with E-state index in [9.17, 15) is 4.39 Å². The molecule has 0 fully saturated rings. The molecular weight excluding hydrogens is 231 g/mol. The van der Waals surface area contributed by atoms with Gasteiger partial charge in [0.15, 0.2) is 0 Å². The number of methoxy groups -OCH3 is 1. The number of likely N-dealkylation sites (N-methyl/N-ethyl adjacent to an activating group) is 1. The fraction of sp³-hybridized carbons (Fsp3) is 0.571. The van der Waals surface area contributed by atoms with Crippen molar-refractivity contribution in [2.75, 3.05) is 40.4 Å². The minimum atomic E-state index is -0.182. The second-order valence-electron chi connectivity index (χ2n) is 4.53. The number of nitrogens with zero attached hydrogens (tertiary/aromatic N) is 1. The van der Waals surface area contributed by atoms with E-state index in [0.29, 0.717) is 0 Å². The summed E-state index contributed by atoms with van der Waals surface area (Å²) in [5, 5.41) is 3.38. The van der Waals surface area contributed by atoms with E-state index in [0.717, 1.165) is 31.8 Å². The van der Waals surface area contributed by atoms with E-state index in [4.69, 9.17) is 4.74 Å². The van der Waals surface area contributed by atoms with Gasteiger partial charge in [-0.2, -0.15) is 0 Å². The van der Waals surface area contributed by atoms with Crippen molar-refractivity contribution in [1.29, 1.82) is 0 Å². The van der Waals surface area contributed by atoms with Gasteiger partial charge in [0.1, 0.15) is 5.82 Å². The molecule has 1 aromatic rings. The number of ether oxygens (including phenoxy) is 1. The van der Waals surface area contributed by atoms with Crippen LogP contribution in [0.2, 0.25) is 0 Å². The molecule has 0 aromatic heterocycles. The van der Waals surface area contributed by atoms with Gasteiger partial charge in [0, 0.05) is 32.8 Å². The normalized spacial score (nSPS) is 12.9. The van der Waals surface area contributed by atoms with Crippen LogP contribution in [0.15, 0.2) is 24.3 Å². The van der Waals surface area contributed by atoms with Gasteiger partial charge < -0.3 is 15.0 Å². The van der Waals surface area contributed by atoms with E-state index in [1.807, 2.05) is 13.0 Å². The highest BCUT2D eigenvalue weighted by molar-refractivity contribution is 5.19. The lowest BCUT2D eigenvalue weighted by atomic mass is 10.1. The molecule has 1 N–H and O–H groups in total. The molecule has 102 valence electrons. The molecule has 3 nitrogen and oxygen atoms in total. The van der Waals surface area contributed by atoms with Crippen LogP contribution >= 0.6 is 0 Å². The lowest BCUT2D eigenvalue weighted by Gasteiger charge is -2.19. The highest BCUT2D eigenvalue weighted by Gasteiger charge is 2.05. The molecule has 18 heavy (non-hydrogen) atoms. The Morgan fingerprint density at radius 3 is 2.83 bits per heavy atom. The number of hydrogen-bond acceptors (Lipinski definition) is 3. The SMILES string of the molecule is COCCN(C)CCNC(C)c1cccc(F)c1. The van der Waals surface area contributed by atoms with Gasteiger partial charge in [-0.3, -0.25) is 0 Å². The summed E-state index contributed by atoms with van der Waals surface area (Å²) in [6.07, 6.45) is 0. The average molecular weight is 254 g/mol. The van der Waals surface area contributed by atoms with Gasteiger partial charge in [-0.1, -0.05) is 12.1 Å². The summed E-state index contributed by atoms with van der Waals surface area (Å²) in [5.74, 6) is -0.182. The molecule has 0 aliphatic rings. The van der Waals surface area contributed by atoms with Crippen LogP contribution in [0.4, 0.5) is 4.39 Å². The van der Waals surface area contributed by atoms with Gasteiger partial charge >= 0.3 is 0 Å². The number of benzene rings is 1. The first-order valence-electron chi connectivity index (χ1n) is 6.30. The van der Waals surface area contributed by atoms with Gasteiger partial charge in [-0.15, -0.1) is 0 Å². The third-order valence-corrected chi connectivity index (χ3v) is 2.97. The third kappa shape index (κ3) is 5.58. The van der Waals surface area contributed by atoms with Crippen molar-refractivity contribution in [1.82, 2.24) is 10.2 Å². The van der Waals surface area contributed by atoms with E-state index >= 15 is 0 Å². The van der Waals surface area contributed by atoms with E-state index < -0.39 is 0 Å². The molecule has 0 radical (unpaired) electrons. The number of rotatable bonds is 8. The standard InChI is InChI=1S/C14H23FN2O/c1-12(13-5-4-6-14(15)11-13)16-7-8-17(2)9-10-18-3/h4-6,11-12,16H,7-10H2,1-3H3. The lowest BCUT2D eigenvalue weighted by molar-refractivity contribution is 0.161. The molecule has 0 spiro atoms. The van der Waals surface area contributed by atoms with Gasteiger partial charge in [-0.05, 0) is 31.7 Å². The lowest BCUT2D eigenvalue weighted by Crippen LogP contribution is -2.32. The molecule has 1 aromatic carbocycles. The maximum atomic E-state index is 13.1. The van der Waals surface area contributed by atoms with Crippen LogP contribution in [-0.2, 0) is 4.74 Å². The minimum Gasteiger partial charge on any atom is -0.383 e. The summed E-state index contributed by atoms with van der Waals surface area (Å²) in [6.45, 7) is 5.54. The van der Waals surface area contributed by atoms with Crippen LogP contribution in [0.5, 0.6) is 0 Å². The zero-order chi connectivity index (χ0) is 13.4. The average Bonchev–Trinajstić information content (AvgIpc) is 2.36. The molecule has 0 saturated carbocycles. The number of hydrogen-bond donors (Lipinski definition) is 1. The van der Waals surface area contributed by atoms with Crippen molar-refractivity contribution in [3.8, 4) is 0 Å². The maximum Gasteiger partial charge on any atom is 0.123 e. The Morgan fingerprint density at radius 1 is 1.39 bits per heavy atom. The Balaban J connectivity index is 2.27.